The third-order valence-electron chi connectivity index (χ3n) is 5.71. The van der Waals surface area contributed by atoms with Gasteiger partial charge in [0.05, 0.1) is 7.11 Å². The van der Waals surface area contributed by atoms with Crippen LogP contribution < -0.4 is 14.8 Å². The molecule has 3 rings (SSSR count). The molecule has 0 spiro atoms. The van der Waals surface area contributed by atoms with E-state index < -0.39 is 6.10 Å². The summed E-state index contributed by atoms with van der Waals surface area (Å²) in [6, 6.07) is 15.7. The van der Waals surface area contributed by atoms with Crippen molar-refractivity contribution in [3.8, 4) is 11.5 Å². The van der Waals surface area contributed by atoms with Gasteiger partial charge in [0, 0.05) is 19.0 Å². The lowest BCUT2D eigenvalue weighted by atomic mass is 9.95. The number of β-amino-alcohol motifs (C(OH)–C–C–N with tert-alkyl or cyclic N) is 1. The van der Waals surface area contributed by atoms with Gasteiger partial charge in [-0.05, 0) is 56.1 Å². The summed E-state index contributed by atoms with van der Waals surface area (Å²) in [5.41, 5.74) is 2.14. The lowest BCUT2D eigenvalue weighted by molar-refractivity contribution is -0.126. The lowest BCUT2D eigenvalue weighted by Gasteiger charge is -2.32. The maximum Gasteiger partial charge on any atom is 0.223 e. The number of piperidine rings is 1. The number of nitrogens with one attached hydrogen (secondary N) is 1. The molecule has 1 atom stereocenters. The van der Waals surface area contributed by atoms with E-state index in [0.717, 1.165) is 37.1 Å². The summed E-state index contributed by atoms with van der Waals surface area (Å²) in [7, 11) is 1.61. The molecule has 0 bridgehead atoms. The normalized spacial score (nSPS) is 16.1. The molecule has 0 saturated carbocycles. The van der Waals surface area contributed by atoms with Crippen molar-refractivity contribution in [2.24, 2.45) is 5.92 Å². The van der Waals surface area contributed by atoms with Gasteiger partial charge < -0.3 is 24.8 Å². The Hall–Kier alpha value is -2.83. The number of allylic oxidation sites excluding steroid dienone is 1. The molecule has 6 nitrogen and oxygen atoms in total. The Labute approximate surface area is 190 Å². The Morgan fingerprint density at radius 3 is 2.62 bits per heavy atom. The van der Waals surface area contributed by atoms with Crippen LogP contribution >= 0.6 is 0 Å². The van der Waals surface area contributed by atoms with Gasteiger partial charge in [-0.25, -0.2) is 0 Å². The lowest BCUT2D eigenvalue weighted by Crippen LogP contribution is -2.44. The number of benzene rings is 2. The summed E-state index contributed by atoms with van der Waals surface area (Å²) < 4.78 is 11.2. The number of ether oxygens (including phenoxy) is 2. The van der Waals surface area contributed by atoms with Crippen molar-refractivity contribution in [3.05, 3.63) is 65.7 Å². The van der Waals surface area contributed by atoms with Crippen molar-refractivity contribution in [1.29, 1.82) is 0 Å². The summed E-state index contributed by atoms with van der Waals surface area (Å²) in [6.07, 6.45) is 4.95. The second-order valence-corrected chi connectivity index (χ2v) is 8.15. The second kappa shape index (κ2) is 12.3. The Morgan fingerprint density at radius 2 is 1.94 bits per heavy atom. The zero-order valence-electron chi connectivity index (χ0n) is 19.0. The van der Waals surface area contributed by atoms with E-state index in [1.165, 1.54) is 0 Å². The summed E-state index contributed by atoms with van der Waals surface area (Å²) in [4.78, 5) is 14.7. The van der Waals surface area contributed by atoms with Crippen molar-refractivity contribution in [1.82, 2.24) is 10.2 Å². The summed E-state index contributed by atoms with van der Waals surface area (Å²) in [5.74, 6) is 1.41. The summed E-state index contributed by atoms with van der Waals surface area (Å²) in [6.45, 7) is 4.83. The number of hydrogen-bond donors (Lipinski definition) is 2. The van der Waals surface area contributed by atoms with Crippen molar-refractivity contribution >= 4 is 12.0 Å². The molecule has 1 aliphatic heterocycles. The minimum absolute atomic E-state index is 0.0308. The maximum atomic E-state index is 12.5. The van der Waals surface area contributed by atoms with Crippen LogP contribution in [0.25, 0.3) is 6.08 Å². The molecule has 1 unspecified atom stereocenters. The number of nitrogens with zero attached hydrogens (tertiary/aromatic N) is 1. The zero-order chi connectivity index (χ0) is 22.8. The third-order valence-corrected chi connectivity index (χ3v) is 5.71. The average Bonchev–Trinajstić information content (AvgIpc) is 2.83. The fourth-order valence-electron chi connectivity index (χ4n) is 3.94. The minimum Gasteiger partial charge on any atom is -0.493 e. The van der Waals surface area contributed by atoms with Crippen molar-refractivity contribution < 1.29 is 19.4 Å². The Kier molecular flexibility index (Phi) is 9.13. The van der Waals surface area contributed by atoms with Gasteiger partial charge >= 0.3 is 0 Å². The smallest absolute Gasteiger partial charge is 0.223 e. The number of amides is 1. The van der Waals surface area contributed by atoms with E-state index in [1.807, 2.05) is 67.6 Å². The monoisotopic (exact) mass is 438 g/mol. The van der Waals surface area contributed by atoms with Crippen LogP contribution in [0.3, 0.4) is 0 Å². The van der Waals surface area contributed by atoms with Crippen LogP contribution in [0.4, 0.5) is 0 Å². The SMILES string of the molecule is C/C=C/c1ccc(OCC(O)CN2CCC(C(=O)NCc3ccccc3)CC2)c(OC)c1. The molecule has 6 heteroatoms. The molecule has 0 aromatic heterocycles. The Morgan fingerprint density at radius 1 is 1.19 bits per heavy atom. The van der Waals surface area contributed by atoms with Crippen molar-refractivity contribution in [3.63, 3.8) is 0 Å². The van der Waals surface area contributed by atoms with Gasteiger partial charge in [0.25, 0.3) is 0 Å². The van der Waals surface area contributed by atoms with Gasteiger partial charge in [-0.3, -0.25) is 4.79 Å². The number of methoxy groups -OCH3 is 1. The standard InChI is InChI=1S/C26H34N2O4/c1-3-7-20-10-11-24(25(16-20)31-2)32-19-23(29)18-28-14-12-22(13-15-28)26(30)27-17-21-8-5-4-6-9-21/h3-11,16,22-23,29H,12-15,17-19H2,1-2H3,(H,27,30)/b7-3+. The van der Waals surface area contributed by atoms with Gasteiger partial charge in [-0.1, -0.05) is 48.6 Å². The minimum atomic E-state index is -0.613. The quantitative estimate of drug-likeness (QED) is 0.594. The fraction of sp³-hybridized carbons (Fsp3) is 0.423. The highest BCUT2D eigenvalue weighted by atomic mass is 16.5. The molecule has 2 aromatic carbocycles. The molecule has 1 amide bonds. The first-order valence-corrected chi connectivity index (χ1v) is 11.2. The largest absolute Gasteiger partial charge is 0.493 e. The summed E-state index contributed by atoms with van der Waals surface area (Å²) in [5, 5.41) is 13.5. The van der Waals surface area contributed by atoms with Crippen LogP contribution in [0.5, 0.6) is 11.5 Å². The topological polar surface area (TPSA) is 71.0 Å². The number of likely N-dealkylation sites (tertiary alicyclic amines) is 1. The van der Waals surface area contributed by atoms with E-state index in [1.54, 1.807) is 7.11 Å². The number of carbonyl (C=O) groups excluding carboxylic acids is 1. The number of carbonyl (C=O) groups is 1. The molecular weight excluding hydrogens is 404 g/mol. The molecule has 1 aliphatic rings. The van der Waals surface area contributed by atoms with Gasteiger partial charge in [0.15, 0.2) is 11.5 Å². The molecule has 2 N–H and O–H groups in total. The van der Waals surface area contributed by atoms with Crippen molar-refractivity contribution in [2.45, 2.75) is 32.4 Å². The molecule has 0 aliphatic carbocycles. The molecular formula is C26H34N2O4. The Balaban J connectivity index is 1.39. The Bertz CT molecular complexity index is 877. The van der Waals surface area contributed by atoms with Gasteiger partial charge in [0.2, 0.25) is 5.91 Å². The predicted octanol–water partition coefficient (Wildman–Crippen LogP) is 3.50. The second-order valence-electron chi connectivity index (χ2n) is 8.15. The molecule has 172 valence electrons. The maximum absolute atomic E-state index is 12.5. The number of aliphatic hydroxyl groups is 1. The molecule has 1 fully saturated rings. The van der Waals surface area contributed by atoms with Gasteiger partial charge in [0.1, 0.15) is 12.7 Å². The average molecular weight is 439 g/mol. The predicted molar refractivity (Wildman–Crippen MR) is 127 cm³/mol. The van der Waals surface area contributed by atoms with Crippen LogP contribution in [-0.4, -0.2) is 55.4 Å². The van der Waals surface area contributed by atoms with Gasteiger partial charge in [-0.15, -0.1) is 0 Å². The zero-order valence-corrected chi connectivity index (χ0v) is 19.0. The number of hydrogen-bond acceptors (Lipinski definition) is 5. The van der Waals surface area contributed by atoms with Crippen LogP contribution in [0, 0.1) is 5.92 Å². The van der Waals surface area contributed by atoms with Crippen molar-refractivity contribution in [2.75, 3.05) is 33.4 Å². The molecule has 2 aromatic rings. The number of rotatable bonds is 10. The summed E-state index contributed by atoms with van der Waals surface area (Å²) >= 11 is 0. The first-order chi connectivity index (χ1) is 15.6. The van der Waals surface area contributed by atoms with Gasteiger partial charge in [-0.2, -0.15) is 0 Å². The highest BCUT2D eigenvalue weighted by Crippen LogP contribution is 2.28. The highest BCUT2D eigenvalue weighted by Gasteiger charge is 2.26. The number of aliphatic hydroxyl groups excluding tert-OH is 1. The molecule has 1 saturated heterocycles. The van der Waals surface area contributed by atoms with Crippen LogP contribution in [-0.2, 0) is 11.3 Å². The van der Waals surface area contributed by atoms with Crippen LogP contribution in [0.2, 0.25) is 0 Å². The molecule has 1 heterocycles. The van der Waals surface area contributed by atoms with E-state index in [4.69, 9.17) is 9.47 Å². The van der Waals surface area contributed by atoms with Crippen LogP contribution in [0.1, 0.15) is 30.9 Å². The molecule has 32 heavy (non-hydrogen) atoms. The van der Waals surface area contributed by atoms with Crippen LogP contribution in [0.15, 0.2) is 54.6 Å². The molecule has 0 radical (unpaired) electrons. The highest BCUT2D eigenvalue weighted by molar-refractivity contribution is 5.78. The van der Waals surface area contributed by atoms with E-state index in [0.29, 0.717) is 24.6 Å². The van der Waals surface area contributed by atoms with E-state index >= 15 is 0 Å². The fourth-order valence-corrected chi connectivity index (χ4v) is 3.94. The third kappa shape index (κ3) is 7.11. The van der Waals surface area contributed by atoms with E-state index in [2.05, 4.69) is 10.2 Å². The van der Waals surface area contributed by atoms with E-state index in [9.17, 15) is 9.90 Å². The van der Waals surface area contributed by atoms with E-state index in [-0.39, 0.29) is 18.4 Å². The first-order valence-electron chi connectivity index (χ1n) is 11.2. The first kappa shape index (κ1) is 23.8.